The molecule has 0 amide bonds. The third-order valence-electron chi connectivity index (χ3n) is 6.02. The number of fused-ring (bicyclic) bond motifs is 1. The van der Waals surface area contributed by atoms with Gasteiger partial charge in [0.05, 0.1) is 47.3 Å². The predicted octanol–water partition coefficient (Wildman–Crippen LogP) is 7.55. The Labute approximate surface area is 213 Å². The minimum absolute atomic E-state index is 0.401. The van der Waals surface area contributed by atoms with Gasteiger partial charge in [-0.25, -0.2) is 0 Å². The van der Waals surface area contributed by atoms with Gasteiger partial charge in [0.2, 0.25) is 0 Å². The molecule has 0 spiro atoms. The molecule has 3 aromatic rings. The van der Waals surface area contributed by atoms with Crippen LogP contribution in [0.15, 0.2) is 60.6 Å². The number of nitriles is 1. The fraction of sp³-hybridized carbons (Fsp3) is 0.310. The van der Waals surface area contributed by atoms with E-state index in [1.807, 2.05) is 19.9 Å². The Kier molecular flexibility index (Phi) is 8.92. The van der Waals surface area contributed by atoms with Crippen molar-refractivity contribution in [1.29, 1.82) is 5.26 Å². The summed E-state index contributed by atoms with van der Waals surface area (Å²) in [5.74, 6) is 0.401. The van der Waals surface area contributed by atoms with Crippen molar-refractivity contribution in [3.63, 3.8) is 0 Å². The highest BCUT2D eigenvalue weighted by molar-refractivity contribution is 6.36. The number of hydrogen-bond donors (Lipinski definition) is 1. The first-order chi connectivity index (χ1) is 16.8. The van der Waals surface area contributed by atoms with Gasteiger partial charge < -0.3 is 15.0 Å². The van der Waals surface area contributed by atoms with E-state index in [-0.39, 0.29) is 0 Å². The Bertz CT molecular complexity index is 1340. The minimum atomic E-state index is 0.401. The number of nitrogen functional groups attached to an aromatic ring is 1. The van der Waals surface area contributed by atoms with Crippen LogP contribution in [0.25, 0.3) is 27.7 Å². The number of aromatic nitrogens is 2. The summed E-state index contributed by atoms with van der Waals surface area (Å²) in [5.41, 5.74) is 12.9. The highest BCUT2D eigenvalue weighted by atomic mass is 35.5. The Hall–Kier alpha value is -3.33. The van der Waals surface area contributed by atoms with E-state index in [9.17, 15) is 5.26 Å². The zero-order chi connectivity index (χ0) is 25.5. The summed E-state index contributed by atoms with van der Waals surface area (Å²) in [5, 5.41) is 11.0. The van der Waals surface area contributed by atoms with E-state index in [1.165, 1.54) is 5.57 Å². The van der Waals surface area contributed by atoms with Gasteiger partial charge >= 0.3 is 0 Å². The molecule has 0 bridgehead atoms. The van der Waals surface area contributed by atoms with Crippen molar-refractivity contribution in [2.45, 2.75) is 41.0 Å². The minimum Gasteiger partial charge on any atom is -0.396 e. The molecule has 35 heavy (non-hydrogen) atoms. The number of pyridine rings is 1. The smallest absolute Gasteiger partial charge is 0.0994 e. The lowest BCUT2D eigenvalue weighted by molar-refractivity contribution is 0.475. The van der Waals surface area contributed by atoms with Crippen LogP contribution in [0.2, 0.25) is 5.02 Å². The van der Waals surface area contributed by atoms with Gasteiger partial charge in [0.1, 0.15) is 0 Å². The van der Waals surface area contributed by atoms with Crippen LogP contribution in [0.5, 0.6) is 0 Å². The van der Waals surface area contributed by atoms with Gasteiger partial charge in [-0.1, -0.05) is 55.7 Å². The summed E-state index contributed by atoms with van der Waals surface area (Å²) in [6, 6.07) is 6.29. The molecule has 1 aliphatic heterocycles. The molecular formula is C29H33ClN4O. The summed E-state index contributed by atoms with van der Waals surface area (Å²) in [4.78, 5) is 4.25. The van der Waals surface area contributed by atoms with Crippen LogP contribution < -0.4 is 5.73 Å². The van der Waals surface area contributed by atoms with Crippen LogP contribution in [-0.2, 0) is 4.74 Å². The standard InChI is InChI=1S/C27H29ClN4.C2H4O/c1-6-17(3)8-9-21(10-18(4)7-2)32-16-24(23-14-31-15-25(30)27(23)28)22-12-20(13-29)19(5)11-26(22)32;1-2-3-1/h6,8-12,14-16,18H,7,30H2,1-5H3;1-2H2/b9-8-,17-6+,21-10+;. The van der Waals surface area contributed by atoms with Crippen LogP contribution in [-0.4, -0.2) is 22.8 Å². The first-order valence-electron chi connectivity index (χ1n) is 11.9. The van der Waals surface area contributed by atoms with E-state index in [4.69, 9.17) is 17.3 Å². The second kappa shape index (κ2) is 11.9. The first kappa shape index (κ1) is 26.3. The maximum atomic E-state index is 9.63. The normalized spacial score (nSPS) is 14.5. The molecule has 2 aromatic heterocycles. The number of nitrogens with two attached hydrogens (primary N) is 1. The number of nitrogens with zero attached hydrogens (tertiary/aromatic N) is 3. The van der Waals surface area contributed by atoms with Gasteiger partial charge in [0.25, 0.3) is 0 Å². The van der Waals surface area contributed by atoms with Crippen molar-refractivity contribution in [2.24, 2.45) is 5.92 Å². The molecule has 3 heterocycles. The number of epoxide rings is 1. The van der Waals surface area contributed by atoms with E-state index in [2.05, 4.69) is 77.7 Å². The summed E-state index contributed by atoms with van der Waals surface area (Å²) < 4.78 is 6.67. The fourth-order valence-corrected chi connectivity index (χ4v) is 3.71. The molecule has 5 nitrogen and oxygen atoms in total. The Morgan fingerprint density at radius 3 is 2.60 bits per heavy atom. The largest absolute Gasteiger partial charge is 0.396 e. The molecule has 1 atom stereocenters. The molecule has 2 N–H and O–H groups in total. The van der Waals surface area contributed by atoms with E-state index in [0.717, 1.165) is 52.9 Å². The molecule has 1 aromatic carbocycles. The number of hydrogen-bond acceptors (Lipinski definition) is 4. The molecule has 0 aliphatic carbocycles. The van der Waals surface area contributed by atoms with Gasteiger partial charge in [-0.3, -0.25) is 4.98 Å². The van der Waals surface area contributed by atoms with Crippen molar-refractivity contribution < 1.29 is 4.74 Å². The molecule has 0 saturated carbocycles. The second-order valence-corrected chi connectivity index (χ2v) is 9.13. The van der Waals surface area contributed by atoms with Crippen molar-refractivity contribution in [3.05, 3.63) is 76.7 Å². The quantitative estimate of drug-likeness (QED) is 0.287. The van der Waals surface area contributed by atoms with Crippen molar-refractivity contribution >= 4 is 33.9 Å². The van der Waals surface area contributed by atoms with Crippen LogP contribution >= 0.6 is 11.6 Å². The van der Waals surface area contributed by atoms with Crippen LogP contribution in [0.1, 0.15) is 45.2 Å². The topological polar surface area (TPSA) is 80.2 Å². The Morgan fingerprint density at radius 1 is 1.29 bits per heavy atom. The molecule has 182 valence electrons. The number of aryl methyl sites for hydroxylation is 1. The summed E-state index contributed by atoms with van der Waals surface area (Å²) >= 11 is 6.57. The highest BCUT2D eigenvalue weighted by Crippen LogP contribution is 2.39. The Balaban J connectivity index is 0.00000106. The van der Waals surface area contributed by atoms with Gasteiger partial charge in [-0.15, -0.1) is 0 Å². The number of halogens is 1. The lowest BCUT2D eigenvalue weighted by Gasteiger charge is -2.11. The molecule has 1 unspecified atom stereocenters. The maximum Gasteiger partial charge on any atom is 0.0994 e. The molecular weight excluding hydrogens is 456 g/mol. The van der Waals surface area contributed by atoms with Crippen molar-refractivity contribution in [2.75, 3.05) is 18.9 Å². The van der Waals surface area contributed by atoms with E-state index >= 15 is 0 Å². The maximum absolute atomic E-state index is 9.63. The monoisotopic (exact) mass is 488 g/mol. The molecule has 0 radical (unpaired) electrons. The molecule has 6 heteroatoms. The average molecular weight is 489 g/mol. The van der Waals surface area contributed by atoms with E-state index in [0.29, 0.717) is 22.2 Å². The number of rotatable bonds is 6. The average Bonchev–Trinajstić information content (AvgIpc) is 3.70. The third-order valence-corrected chi connectivity index (χ3v) is 6.44. The zero-order valence-electron chi connectivity index (χ0n) is 21.1. The molecule has 1 fully saturated rings. The first-order valence-corrected chi connectivity index (χ1v) is 12.2. The lowest BCUT2D eigenvalue weighted by atomic mass is 10.0. The lowest BCUT2D eigenvalue weighted by Crippen LogP contribution is -1.97. The van der Waals surface area contributed by atoms with Gasteiger partial charge in [0.15, 0.2) is 0 Å². The summed E-state index contributed by atoms with van der Waals surface area (Å²) in [6.45, 7) is 12.5. The van der Waals surface area contributed by atoms with Gasteiger partial charge in [0, 0.05) is 34.6 Å². The third kappa shape index (κ3) is 6.42. The number of allylic oxidation sites excluding steroid dienone is 6. The number of anilines is 1. The number of benzene rings is 1. The molecule has 1 saturated heterocycles. The van der Waals surface area contributed by atoms with E-state index in [1.54, 1.807) is 12.4 Å². The van der Waals surface area contributed by atoms with Gasteiger partial charge in [-0.2, -0.15) is 5.26 Å². The number of ether oxygens (including phenoxy) is 1. The summed E-state index contributed by atoms with van der Waals surface area (Å²) in [7, 11) is 0. The van der Waals surface area contributed by atoms with Crippen LogP contribution in [0, 0.1) is 24.2 Å². The highest BCUT2D eigenvalue weighted by Gasteiger charge is 2.18. The summed E-state index contributed by atoms with van der Waals surface area (Å²) in [6.07, 6.45) is 15.0. The van der Waals surface area contributed by atoms with Crippen molar-refractivity contribution in [1.82, 2.24) is 9.55 Å². The van der Waals surface area contributed by atoms with Gasteiger partial charge in [-0.05, 0) is 50.5 Å². The fourth-order valence-electron chi connectivity index (χ4n) is 3.51. The SMILES string of the molecule is C/C=C(C)/C=C\C(=C/C(C)CC)n1cc(-c2cncc(N)c2Cl)c2cc(C#N)c(C)cc21.C1CO1. The van der Waals surface area contributed by atoms with Crippen LogP contribution in [0.4, 0.5) is 5.69 Å². The van der Waals surface area contributed by atoms with E-state index < -0.39 is 0 Å². The van der Waals surface area contributed by atoms with Crippen LogP contribution in [0.3, 0.4) is 0 Å². The van der Waals surface area contributed by atoms with Crippen molar-refractivity contribution in [3.8, 4) is 17.2 Å². The Morgan fingerprint density at radius 2 is 2.00 bits per heavy atom. The zero-order valence-corrected chi connectivity index (χ0v) is 21.9. The molecule has 1 aliphatic rings. The second-order valence-electron chi connectivity index (χ2n) is 8.75. The molecule has 4 rings (SSSR count). The predicted molar refractivity (Wildman–Crippen MR) is 147 cm³/mol.